The highest BCUT2D eigenvalue weighted by molar-refractivity contribution is 8.03. The van der Waals surface area contributed by atoms with Crippen LogP contribution in [0.3, 0.4) is 0 Å². The van der Waals surface area contributed by atoms with Crippen LogP contribution in [0.1, 0.15) is 30.7 Å². The van der Waals surface area contributed by atoms with Gasteiger partial charge >= 0.3 is 5.97 Å². The van der Waals surface area contributed by atoms with Gasteiger partial charge in [-0.25, -0.2) is 0 Å². The van der Waals surface area contributed by atoms with Crippen LogP contribution in [0.5, 0.6) is 0 Å². The summed E-state index contributed by atoms with van der Waals surface area (Å²) in [6, 6.07) is 17.1. The number of thiazole rings is 1. The first-order valence-corrected chi connectivity index (χ1v) is 13.1. The Morgan fingerprint density at radius 2 is 1.76 bits per heavy atom. The maximum Gasteiger partial charge on any atom is 0.308 e. The number of aryl methyl sites for hydroxylation is 1. The Kier molecular flexibility index (Phi) is 6.30. The van der Waals surface area contributed by atoms with Crippen LogP contribution in [0.15, 0.2) is 70.1 Å². The molecule has 1 aliphatic heterocycles. The van der Waals surface area contributed by atoms with Gasteiger partial charge in [-0.15, -0.1) is 0 Å². The van der Waals surface area contributed by atoms with Crippen LogP contribution in [0, 0.1) is 11.8 Å². The molecule has 2 heterocycles. The number of esters is 1. The van der Waals surface area contributed by atoms with Crippen LogP contribution < -0.4 is 9.47 Å². The van der Waals surface area contributed by atoms with Crippen molar-refractivity contribution in [3.63, 3.8) is 0 Å². The zero-order valence-corrected chi connectivity index (χ0v) is 20.9. The van der Waals surface area contributed by atoms with Crippen molar-refractivity contribution in [1.29, 1.82) is 0 Å². The maximum atomic E-state index is 12.1. The minimum Gasteiger partial charge on any atom is -0.469 e. The predicted molar refractivity (Wildman–Crippen MR) is 137 cm³/mol. The topological polar surface area (TPSA) is 33.4 Å². The van der Waals surface area contributed by atoms with Gasteiger partial charge in [0, 0.05) is 24.1 Å². The highest BCUT2D eigenvalue weighted by atomic mass is 32.2. The summed E-state index contributed by atoms with van der Waals surface area (Å²) in [6.07, 6.45) is 8.53. The highest BCUT2D eigenvalue weighted by Crippen LogP contribution is 2.46. The van der Waals surface area contributed by atoms with Gasteiger partial charge in [-0.05, 0) is 61.4 Å². The molecule has 0 spiro atoms. The number of hydrogen-bond donors (Lipinski definition) is 0. The molecule has 170 valence electrons. The van der Waals surface area contributed by atoms with Gasteiger partial charge in [-0.1, -0.05) is 47.4 Å². The van der Waals surface area contributed by atoms with E-state index in [9.17, 15) is 4.79 Å². The maximum absolute atomic E-state index is 12.1. The Labute approximate surface area is 203 Å². The molecule has 0 unspecified atom stereocenters. The van der Waals surface area contributed by atoms with Crippen molar-refractivity contribution in [3.8, 4) is 0 Å². The molecule has 33 heavy (non-hydrogen) atoms. The fourth-order valence-corrected chi connectivity index (χ4v) is 7.11. The molecule has 6 heteroatoms. The second-order valence-electron chi connectivity index (χ2n) is 8.79. The number of fused-ring (bicyclic) bond motifs is 2. The molecule has 0 N–H and O–H groups in total. The predicted octanol–water partition coefficient (Wildman–Crippen LogP) is 6.17. The summed E-state index contributed by atoms with van der Waals surface area (Å²) in [5.74, 6) is 0.407. The molecular formula is C27H29N2O2S2+. The van der Waals surface area contributed by atoms with E-state index in [1.165, 1.54) is 43.5 Å². The number of ether oxygens (including phenoxy) is 1. The first kappa shape index (κ1) is 22.2. The molecule has 1 aromatic heterocycles. The Morgan fingerprint density at radius 3 is 2.48 bits per heavy atom. The first-order valence-electron chi connectivity index (χ1n) is 11.4. The minimum absolute atomic E-state index is 0.0355. The molecular weight excluding hydrogens is 448 g/mol. The van der Waals surface area contributed by atoms with Gasteiger partial charge < -0.3 is 9.64 Å². The average Bonchev–Trinajstić information content (AvgIpc) is 3.34. The molecule has 1 fully saturated rings. The lowest BCUT2D eigenvalue weighted by Gasteiger charge is -2.28. The van der Waals surface area contributed by atoms with Gasteiger partial charge in [-0.3, -0.25) is 4.79 Å². The summed E-state index contributed by atoms with van der Waals surface area (Å²) in [5.41, 5.74) is 3.87. The average molecular weight is 478 g/mol. The summed E-state index contributed by atoms with van der Waals surface area (Å²) in [6.45, 7) is 0. The van der Waals surface area contributed by atoms with E-state index in [2.05, 4.69) is 84.2 Å². The molecule has 1 saturated carbocycles. The van der Waals surface area contributed by atoms with Crippen molar-refractivity contribution in [2.24, 2.45) is 18.9 Å². The number of methoxy groups -OCH3 is 1. The van der Waals surface area contributed by atoms with E-state index >= 15 is 0 Å². The molecule has 0 saturated heterocycles. The van der Waals surface area contributed by atoms with Crippen molar-refractivity contribution in [1.82, 2.24) is 0 Å². The van der Waals surface area contributed by atoms with Gasteiger partial charge in [0.05, 0.1) is 23.7 Å². The van der Waals surface area contributed by atoms with Crippen molar-refractivity contribution in [2.75, 3.05) is 19.1 Å². The van der Waals surface area contributed by atoms with Gasteiger partial charge in [0.15, 0.2) is 0 Å². The molecule has 2 aromatic carbocycles. The Morgan fingerprint density at radius 1 is 1.06 bits per heavy atom. The summed E-state index contributed by atoms with van der Waals surface area (Å²) < 4.78 is 8.60. The van der Waals surface area contributed by atoms with Crippen molar-refractivity contribution in [2.45, 2.75) is 30.6 Å². The third-order valence-corrected chi connectivity index (χ3v) is 9.19. The molecule has 0 amide bonds. The molecule has 5 rings (SSSR count). The summed E-state index contributed by atoms with van der Waals surface area (Å²) in [7, 11) is 5.79. The number of carbonyl (C=O) groups excluding carboxylic acids is 1. The van der Waals surface area contributed by atoms with Crippen LogP contribution in [-0.2, 0) is 16.6 Å². The third-order valence-electron chi connectivity index (χ3n) is 6.86. The van der Waals surface area contributed by atoms with Gasteiger partial charge in [-0.2, -0.15) is 4.57 Å². The van der Waals surface area contributed by atoms with Crippen LogP contribution in [-0.4, -0.2) is 20.1 Å². The van der Waals surface area contributed by atoms with E-state index < -0.39 is 0 Å². The molecule has 1 aliphatic carbocycles. The fourth-order valence-electron chi connectivity index (χ4n) is 4.89. The normalized spacial score (nSPS) is 22.1. The van der Waals surface area contributed by atoms with Gasteiger partial charge in [0.1, 0.15) is 11.7 Å². The van der Waals surface area contributed by atoms with Gasteiger partial charge in [0.2, 0.25) is 5.52 Å². The smallest absolute Gasteiger partial charge is 0.308 e. The number of para-hydroxylation sites is 2. The number of benzene rings is 2. The molecule has 2 aliphatic rings. The van der Waals surface area contributed by atoms with Crippen LogP contribution >= 0.6 is 23.1 Å². The molecule has 0 radical (unpaired) electrons. The van der Waals surface area contributed by atoms with E-state index in [-0.39, 0.29) is 11.9 Å². The van der Waals surface area contributed by atoms with E-state index in [1.807, 2.05) is 23.1 Å². The Balaban J connectivity index is 1.51. The van der Waals surface area contributed by atoms with Crippen LogP contribution in [0.2, 0.25) is 0 Å². The quantitative estimate of drug-likeness (QED) is 0.332. The monoisotopic (exact) mass is 477 g/mol. The SMILES string of the molecule is COC(=O)C1CCC(C(=C\c2sc3ccccc3[n+]2C)/C=C2/Sc3ccccc3N2C)CC1. The third kappa shape index (κ3) is 4.34. The lowest BCUT2D eigenvalue weighted by molar-refractivity contribution is -0.642. The lowest BCUT2D eigenvalue weighted by Crippen LogP contribution is -2.29. The Bertz CT molecular complexity index is 1250. The molecule has 0 atom stereocenters. The second kappa shape index (κ2) is 9.35. The summed E-state index contributed by atoms with van der Waals surface area (Å²) in [5, 5.41) is 2.50. The fraction of sp³-hybridized carbons (Fsp3) is 0.333. The zero-order chi connectivity index (χ0) is 22.9. The second-order valence-corrected chi connectivity index (χ2v) is 10.9. The van der Waals surface area contributed by atoms with Crippen molar-refractivity contribution < 1.29 is 14.1 Å². The number of rotatable bonds is 4. The first-order chi connectivity index (χ1) is 16.0. The van der Waals surface area contributed by atoms with Crippen LogP contribution in [0.25, 0.3) is 16.3 Å². The minimum atomic E-state index is -0.0604. The molecule has 4 nitrogen and oxygen atoms in total. The number of carbonyl (C=O) groups is 1. The van der Waals surface area contributed by atoms with E-state index in [4.69, 9.17) is 4.74 Å². The van der Waals surface area contributed by atoms with Gasteiger partial charge in [0.25, 0.3) is 5.01 Å². The molecule has 0 bridgehead atoms. The van der Waals surface area contributed by atoms with Crippen LogP contribution in [0.4, 0.5) is 5.69 Å². The van der Waals surface area contributed by atoms with E-state index in [0.717, 1.165) is 25.7 Å². The summed E-state index contributed by atoms with van der Waals surface area (Å²) in [4.78, 5) is 15.7. The highest BCUT2D eigenvalue weighted by Gasteiger charge is 2.30. The zero-order valence-electron chi connectivity index (χ0n) is 19.3. The number of thioether (sulfide) groups is 1. The van der Waals surface area contributed by atoms with E-state index in [1.54, 1.807) is 0 Å². The Hall–Kier alpha value is -2.57. The lowest BCUT2D eigenvalue weighted by atomic mass is 9.78. The summed E-state index contributed by atoms with van der Waals surface area (Å²) >= 11 is 3.67. The number of hydrogen-bond acceptors (Lipinski definition) is 5. The number of anilines is 1. The van der Waals surface area contributed by atoms with Crippen molar-refractivity contribution in [3.05, 3.63) is 70.2 Å². The van der Waals surface area contributed by atoms with E-state index in [0.29, 0.717) is 5.92 Å². The standard InChI is InChI=1S/C27H29N2O2S2/c1-28-21-8-4-6-10-23(21)32-25(28)16-20(18-12-14-19(15-13-18)27(30)31-3)17-26-29(2)22-9-5-7-11-24(22)33-26/h4-11,16-19H,12-15H2,1-3H3/q+1. The number of nitrogens with zero attached hydrogens (tertiary/aromatic N) is 2. The molecule has 3 aromatic rings. The number of allylic oxidation sites excluding steroid dienone is 2. The van der Waals surface area contributed by atoms with Crippen molar-refractivity contribution >= 4 is 51.0 Å². The largest absolute Gasteiger partial charge is 0.469 e. The number of aromatic nitrogens is 1.